The molecule has 1 N–H and O–H groups in total. The van der Waals surface area contributed by atoms with E-state index in [4.69, 9.17) is 9.15 Å². The van der Waals surface area contributed by atoms with Gasteiger partial charge >= 0.3 is 0 Å². The molecule has 1 aliphatic rings. The van der Waals surface area contributed by atoms with Crippen molar-refractivity contribution in [1.29, 1.82) is 0 Å². The summed E-state index contributed by atoms with van der Waals surface area (Å²) in [5.41, 5.74) is 4.26. The Hall–Kier alpha value is -2.68. The molecule has 1 amide bonds. The molecule has 0 radical (unpaired) electrons. The molecule has 1 aromatic heterocycles. The van der Waals surface area contributed by atoms with Gasteiger partial charge in [0.05, 0.1) is 13.2 Å². The fourth-order valence-corrected chi connectivity index (χ4v) is 5.40. The number of hydrogen-bond acceptors (Lipinski definition) is 5. The van der Waals surface area contributed by atoms with Crippen molar-refractivity contribution in [3.8, 4) is 0 Å². The van der Waals surface area contributed by atoms with Crippen molar-refractivity contribution < 1.29 is 22.4 Å². The van der Waals surface area contributed by atoms with Gasteiger partial charge in [-0.05, 0) is 50.5 Å². The lowest BCUT2D eigenvalue weighted by molar-refractivity contribution is 0.0283. The van der Waals surface area contributed by atoms with Crippen LogP contribution in [0.1, 0.15) is 38.4 Å². The molecule has 4 rings (SSSR count). The van der Waals surface area contributed by atoms with Gasteiger partial charge in [0.25, 0.3) is 5.91 Å². The quantitative estimate of drug-likeness (QED) is 0.634. The third kappa shape index (κ3) is 4.18. The van der Waals surface area contributed by atoms with Crippen LogP contribution in [0.25, 0.3) is 11.0 Å². The Kier molecular flexibility index (Phi) is 6.11. The molecule has 0 atom stereocenters. The minimum atomic E-state index is -3.89. The Labute approximate surface area is 188 Å². The number of aryl methyl sites for hydroxylation is 3. The summed E-state index contributed by atoms with van der Waals surface area (Å²) in [6.45, 7) is 9.49. The molecule has 3 aromatic rings. The standard InChI is InChI=1S/C24H28N2O5S/c1-15-5-7-19(8-6-15)14-25-32(28,29)23-17(3)16(2)13-20-18(4)21(31-22(20)23)24(27)26-9-11-30-12-10-26/h5-8,13,25H,9-12,14H2,1-4H3. The predicted octanol–water partition coefficient (Wildman–Crippen LogP) is 3.62. The third-order valence-corrected chi connectivity index (χ3v) is 7.59. The summed E-state index contributed by atoms with van der Waals surface area (Å²) >= 11 is 0. The average Bonchev–Trinajstić information content (AvgIpc) is 3.09. The van der Waals surface area contributed by atoms with Crippen LogP contribution in [0.3, 0.4) is 0 Å². The molecule has 0 unspecified atom stereocenters. The van der Waals surface area contributed by atoms with Crippen molar-refractivity contribution in [2.24, 2.45) is 0 Å². The van der Waals surface area contributed by atoms with Gasteiger partial charge in [-0.25, -0.2) is 13.1 Å². The van der Waals surface area contributed by atoms with Gasteiger partial charge in [0, 0.05) is 30.6 Å². The smallest absolute Gasteiger partial charge is 0.290 e. The summed E-state index contributed by atoms with van der Waals surface area (Å²) in [7, 11) is -3.89. The Bertz CT molecular complexity index is 1270. The Morgan fingerprint density at radius 1 is 1.03 bits per heavy atom. The summed E-state index contributed by atoms with van der Waals surface area (Å²) in [5.74, 6) is -0.0600. The molecular weight excluding hydrogens is 428 g/mol. The summed E-state index contributed by atoms with van der Waals surface area (Å²) in [4.78, 5) is 14.8. The van der Waals surface area contributed by atoms with Crippen molar-refractivity contribution >= 4 is 26.9 Å². The number of fused-ring (bicyclic) bond motifs is 1. The summed E-state index contributed by atoms with van der Waals surface area (Å²) in [6.07, 6.45) is 0. The van der Waals surface area contributed by atoms with E-state index in [9.17, 15) is 13.2 Å². The molecular formula is C24H28N2O5S. The molecule has 1 fully saturated rings. The number of benzene rings is 2. The maximum absolute atomic E-state index is 13.4. The first kappa shape index (κ1) is 22.5. The zero-order chi connectivity index (χ0) is 23.0. The van der Waals surface area contributed by atoms with Crippen molar-refractivity contribution in [3.05, 3.63) is 63.9 Å². The highest BCUT2D eigenvalue weighted by molar-refractivity contribution is 7.89. The number of nitrogens with one attached hydrogen (secondary N) is 1. The van der Waals surface area contributed by atoms with Crippen LogP contribution >= 0.6 is 0 Å². The van der Waals surface area contributed by atoms with E-state index in [0.717, 1.165) is 16.7 Å². The first-order chi connectivity index (χ1) is 15.2. The Morgan fingerprint density at radius 2 is 1.69 bits per heavy atom. The van der Waals surface area contributed by atoms with Crippen LogP contribution in [-0.2, 0) is 21.3 Å². The lowest BCUT2D eigenvalue weighted by atomic mass is 10.0. The molecule has 0 aliphatic carbocycles. The van der Waals surface area contributed by atoms with E-state index in [0.29, 0.717) is 42.8 Å². The lowest BCUT2D eigenvalue weighted by Crippen LogP contribution is -2.40. The average molecular weight is 457 g/mol. The molecule has 2 aromatic carbocycles. The second kappa shape index (κ2) is 8.69. The van der Waals surface area contributed by atoms with Gasteiger partial charge in [0.15, 0.2) is 11.3 Å². The molecule has 8 heteroatoms. The van der Waals surface area contributed by atoms with Gasteiger partial charge in [0.2, 0.25) is 10.0 Å². The van der Waals surface area contributed by atoms with Gasteiger partial charge in [-0.1, -0.05) is 29.8 Å². The number of carbonyl (C=O) groups excluding carboxylic acids is 1. The number of furan rings is 1. The van der Waals surface area contributed by atoms with Crippen LogP contribution in [0, 0.1) is 27.7 Å². The second-order valence-corrected chi connectivity index (χ2v) is 10.00. The van der Waals surface area contributed by atoms with E-state index in [1.165, 1.54) is 0 Å². The van der Waals surface area contributed by atoms with Gasteiger partial charge < -0.3 is 14.1 Å². The largest absolute Gasteiger partial charge is 0.449 e. The second-order valence-electron chi connectivity index (χ2n) is 8.30. The van der Waals surface area contributed by atoms with E-state index in [1.54, 1.807) is 18.7 Å². The minimum absolute atomic E-state index is 0.0868. The number of ether oxygens (including phenoxy) is 1. The lowest BCUT2D eigenvalue weighted by Gasteiger charge is -2.26. The molecule has 7 nitrogen and oxygen atoms in total. The van der Waals surface area contributed by atoms with Crippen molar-refractivity contribution in [1.82, 2.24) is 9.62 Å². The maximum atomic E-state index is 13.4. The van der Waals surface area contributed by atoms with Crippen LogP contribution in [0.4, 0.5) is 0 Å². The zero-order valence-corrected chi connectivity index (χ0v) is 19.6. The van der Waals surface area contributed by atoms with E-state index < -0.39 is 10.0 Å². The van der Waals surface area contributed by atoms with E-state index in [1.807, 2.05) is 44.2 Å². The van der Waals surface area contributed by atoms with E-state index >= 15 is 0 Å². The summed E-state index contributed by atoms with van der Waals surface area (Å²) < 4.78 is 40.7. The number of carbonyl (C=O) groups is 1. The van der Waals surface area contributed by atoms with Crippen LogP contribution in [0.2, 0.25) is 0 Å². The molecule has 0 bridgehead atoms. The number of hydrogen-bond donors (Lipinski definition) is 1. The highest BCUT2D eigenvalue weighted by Gasteiger charge is 2.30. The predicted molar refractivity (Wildman–Crippen MR) is 122 cm³/mol. The normalized spacial score (nSPS) is 14.8. The molecule has 1 saturated heterocycles. The van der Waals surface area contributed by atoms with Gasteiger partial charge in [-0.2, -0.15) is 0 Å². The van der Waals surface area contributed by atoms with Gasteiger partial charge in [-0.15, -0.1) is 0 Å². The first-order valence-electron chi connectivity index (χ1n) is 10.6. The highest BCUT2D eigenvalue weighted by Crippen LogP contribution is 2.35. The Balaban J connectivity index is 1.75. The topological polar surface area (TPSA) is 88.9 Å². The van der Waals surface area contributed by atoms with Crippen LogP contribution in [-0.4, -0.2) is 45.5 Å². The fourth-order valence-electron chi connectivity index (χ4n) is 3.94. The molecule has 170 valence electrons. The van der Waals surface area contributed by atoms with Crippen molar-refractivity contribution in [3.63, 3.8) is 0 Å². The van der Waals surface area contributed by atoms with Crippen molar-refractivity contribution in [2.75, 3.05) is 26.3 Å². The molecule has 0 saturated carbocycles. The molecule has 0 spiro atoms. The van der Waals surface area contributed by atoms with Crippen LogP contribution in [0.5, 0.6) is 0 Å². The number of sulfonamides is 1. The maximum Gasteiger partial charge on any atom is 0.290 e. The van der Waals surface area contributed by atoms with Crippen molar-refractivity contribution in [2.45, 2.75) is 39.1 Å². The van der Waals surface area contributed by atoms with Crippen LogP contribution in [0.15, 0.2) is 39.6 Å². The molecule has 1 aliphatic heterocycles. The Morgan fingerprint density at radius 3 is 2.34 bits per heavy atom. The first-order valence-corrected chi connectivity index (χ1v) is 12.1. The zero-order valence-electron chi connectivity index (χ0n) is 18.8. The minimum Gasteiger partial charge on any atom is -0.449 e. The summed E-state index contributed by atoms with van der Waals surface area (Å²) in [5, 5.41) is 0.639. The molecule has 2 heterocycles. The number of nitrogens with zero attached hydrogens (tertiary/aromatic N) is 1. The SMILES string of the molecule is Cc1ccc(CNS(=O)(=O)c2c(C)c(C)cc3c(C)c(C(=O)N4CCOCC4)oc23)cc1. The number of morpholine rings is 1. The molecule has 32 heavy (non-hydrogen) atoms. The number of rotatable bonds is 5. The number of amides is 1. The summed E-state index contributed by atoms with van der Waals surface area (Å²) in [6, 6.07) is 9.57. The van der Waals surface area contributed by atoms with E-state index in [-0.39, 0.29) is 28.7 Å². The third-order valence-electron chi connectivity index (χ3n) is 6.04. The highest BCUT2D eigenvalue weighted by atomic mass is 32.2. The van der Waals surface area contributed by atoms with Crippen LogP contribution < -0.4 is 4.72 Å². The van der Waals surface area contributed by atoms with Gasteiger partial charge in [-0.3, -0.25) is 4.79 Å². The van der Waals surface area contributed by atoms with E-state index in [2.05, 4.69) is 4.72 Å². The fraction of sp³-hybridized carbons (Fsp3) is 0.375. The monoisotopic (exact) mass is 456 g/mol. The van der Waals surface area contributed by atoms with Gasteiger partial charge in [0.1, 0.15) is 4.90 Å².